The Morgan fingerprint density at radius 3 is 2.26 bits per heavy atom. The lowest BCUT2D eigenvalue weighted by Gasteiger charge is -2.38. The zero-order valence-electron chi connectivity index (χ0n) is 13.0. The van der Waals surface area contributed by atoms with Gasteiger partial charge in [0.2, 0.25) is 0 Å². The number of benzene rings is 3. The van der Waals surface area contributed by atoms with Crippen molar-refractivity contribution in [3.63, 3.8) is 0 Å². The minimum absolute atomic E-state index is 0.486. The van der Waals surface area contributed by atoms with Gasteiger partial charge in [-0.2, -0.15) is 0 Å². The number of rotatable bonds is 1. The zero-order valence-corrected chi connectivity index (χ0v) is 13.0. The van der Waals surface area contributed by atoms with Crippen LogP contribution < -0.4 is 4.90 Å². The van der Waals surface area contributed by atoms with E-state index in [9.17, 15) is 0 Å². The Morgan fingerprint density at radius 1 is 0.696 bits per heavy atom. The highest BCUT2D eigenvalue weighted by atomic mass is 15.2. The molecule has 0 aliphatic carbocycles. The van der Waals surface area contributed by atoms with Crippen molar-refractivity contribution in [3.8, 4) is 0 Å². The van der Waals surface area contributed by atoms with Crippen LogP contribution in [-0.2, 0) is 6.54 Å². The molecular formula is C22H19N. The van der Waals surface area contributed by atoms with Crippen molar-refractivity contribution in [2.75, 3.05) is 4.90 Å². The van der Waals surface area contributed by atoms with Crippen LogP contribution in [0.5, 0.6) is 0 Å². The van der Waals surface area contributed by atoms with E-state index in [-0.39, 0.29) is 0 Å². The quantitative estimate of drug-likeness (QED) is 0.590. The summed E-state index contributed by atoms with van der Waals surface area (Å²) in [5, 5.41) is 0. The minimum Gasteiger partial charge on any atom is -0.360 e. The van der Waals surface area contributed by atoms with Crippen molar-refractivity contribution in [1.29, 1.82) is 0 Å². The number of para-hydroxylation sites is 1. The van der Waals surface area contributed by atoms with E-state index < -0.39 is 0 Å². The summed E-state index contributed by atoms with van der Waals surface area (Å²) in [6, 6.07) is 29.4. The van der Waals surface area contributed by atoms with Crippen LogP contribution in [0.2, 0.25) is 0 Å². The fourth-order valence-corrected chi connectivity index (χ4v) is 4.37. The van der Waals surface area contributed by atoms with Gasteiger partial charge in [-0.15, -0.1) is 0 Å². The molecule has 0 saturated carbocycles. The maximum atomic E-state index is 2.60. The van der Waals surface area contributed by atoms with Gasteiger partial charge in [-0.1, -0.05) is 72.8 Å². The van der Waals surface area contributed by atoms with Crippen molar-refractivity contribution in [2.45, 2.75) is 24.9 Å². The second-order valence-corrected chi connectivity index (χ2v) is 6.60. The molecule has 0 fully saturated rings. The summed E-state index contributed by atoms with van der Waals surface area (Å²) >= 11 is 0. The van der Waals surface area contributed by atoms with Crippen LogP contribution in [0.4, 0.5) is 5.69 Å². The topological polar surface area (TPSA) is 3.24 Å². The maximum absolute atomic E-state index is 2.60. The van der Waals surface area contributed by atoms with Crippen LogP contribution >= 0.6 is 0 Å². The molecule has 1 heteroatoms. The highest BCUT2D eigenvalue weighted by Gasteiger charge is 2.38. The Hall–Kier alpha value is -2.54. The lowest BCUT2D eigenvalue weighted by atomic mass is 9.80. The third kappa shape index (κ3) is 1.93. The molecule has 0 aromatic heterocycles. The Bertz CT molecular complexity index is 853. The van der Waals surface area contributed by atoms with Gasteiger partial charge in [0.25, 0.3) is 0 Å². The fourth-order valence-electron chi connectivity index (χ4n) is 4.37. The molecule has 5 rings (SSSR count). The molecule has 3 aromatic rings. The van der Waals surface area contributed by atoms with E-state index in [0.717, 1.165) is 13.0 Å². The standard InChI is InChI=1S/C22H19N/c1-2-8-16(9-3-1)20-14-22-18-11-5-4-10-17(18)15-23(22)21-13-7-6-12-19(20)21/h1-13,20,22H,14-15H2/t20-,22+/m1/s1. The fraction of sp³-hybridized carbons (Fsp3) is 0.182. The van der Waals surface area contributed by atoms with E-state index in [1.807, 2.05) is 0 Å². The molecule has 0 bridgehead atoms. The number of hydrogen-bond donors (Lipinski definition) is 0. The summed E-state index contributed by atoms with van der Waals surface area (Å²) in [4.78, 5) is 2.60. The monoisotopic (exact) mass is 297 g/mol. The summed E-state index contributed by atoms with van der Waals surface area (Å²) in [5.74, 6) is 0.486. The van der Waals surface area contributed by atoms with Gasteiger partial charge < -0.3 is 4.90 Å². The van der Waals surface area contributed by atoms with Crippen LogP contribution in [0.25, 0.3) is 0 Å². The Labute approximate surface area is 137 Å². The van der Waals surface area contributed by atoms with E-state index in [0.29, 0.717) is 12.0 Å². The predicted molar refractivity (Wildman–Crippen MR) is 94.7 cm³/mol. The highest BCUT2D eigenvalue weighted by molar-refractivity contribution is 5.64. The molecule has 3 aromatic carbocycles. The van der Waals surface area contributed by atoms with Crippen LogP contribution in [-0.4, -0.2) is 0 Å². The van der Waals surface area contributed by atoms with Gasteiger partial charge >= 0.3 is 0 Å². The zero-order chi connectivity index (χ0) is 15.2. The molecule has 0 amide bonds. The summed E-state index contributed by atoms with van der Waals surface area (Å²) in [6.45, 7) is 1.04. The van der Waals surface area contributed by atoms with Crippen molar-refractivity contribution in [3.05, 3.63) is 101 Å². The lowest BCUT2D eigenvalue weighted by Crippen LogP contribution is -2.29. The number of hydrogen-bond acceptors (Lipinski definition) is 1. The first kappa shape index (κ1) is 13.0. The summed E-state index contributed by atoms with van der Waals surface area (Å²) in [6.07, 6.45) is 1.16. The van der Waals surface area contributed by atoms with Crippen LogP contribution in [0.3, 0.4) is 0 Å². The Balaban J connectivity index is 1.68. The summed E-state index contributed by atoms with van der Waals surface area (Å²) < 4.78 is 0. The molecular weight excluding hydrogens is 278 g/mol. The molecule has 2 aliphatic rings. The average Bonchev–Trinajstić information content (AvgIpc) is 3.01. The van der Waals surface area contributed by atoms with Gasteiger partial charge in [0.1, 0.15) is 0 Å². The van der Waals surface area contributed by atoms with E-state index in [2.05, 4.69) is 83.8 Å². The van der Waals surface area contributed by atoms with Crippen molar-refractivity contribution in [1.82, 2.24) is 0 Å². The van der Waals surface area contributed by atoms with Gasteiger partial charge in [0, 0.05) is 18.2 Å². The molecule has 1 nitrogen and oxygen atoms in total. The summed E-state index contributed by atoms with van der Waals surface area (Å²) in [7, 11) is 0. The smallest absolute Gasteiger partial charge is 0.0558 e. The largest absolute Gasteiger partial charge is 0.360 e. The number of nitrogens with zero attached hydrogens (tertiary/aromatic N) is 1. The second kappa shape index (κ2) is 4.99. The summed E-state index contributed by atoms with van der Waals surface area (Å²) in [5.41, 5.74) is 7.32. The normalized spacial score (nSPS) is 21.5. The molecule has 0 N–H and O–H groups in total. The van der Waals surface area contributed by atoms with E-state index in [4.69, 9.17) is 0 Å². The van der Waals surface area contributed by atoms with Gasteiger partial charge in [0.05, 0.1) is 6.04 Å². The average molecular weight is 297 g/mol. The van der Waals surface area contributed by atoms with E-state index in [1.54, 1.807) is 0 Å². The molecule has 2 atom stereocenters. The molecule has 0 unspecified atom stereocenters. The van der Waals surface area contributed by atoms with E-state index >= 15 is 0 Å². The van der Waals surface area contributed by atoms with Crippen LogP contribution in [0, 0.1) is 0 Å². The third-order valence-electron chi connectivity index (χ3n) is 5.41. The number of fused-ring (bicyclic) bond motifs is 5. The predicted octanol–water partition coefficient (Wildman–Crippen LogP) is 5.28. The van der Waals surface area contributed by atoms with Crippen molar-refractivity contribution < 1.29 is 0 Å². The first-order chi connectivity index (χ1) is 11.4. The first-order valence-electron chi connectivity index (χ1n) is 8.40. The Morgan fingerprint density at radius 2 is 1.39 bits per heavy atom. The number of anilines is 1. The molecule has 2 aliphatic heterocycles. The molecule has 2 heterocycles. The SMILES string of the molecule is c1ccc([C@H]2C[C@H]3c4ccccc4CN3c3ccccc32)cc1. The van der Waals surface area contributed by atoms with Gasteiger partial charge in [-0.3, -0.25) is 0 Å². The maximum Gasteiger partial charge on any atom is 0.0558 e. The van der Waals surface area contributed by atoms with Gasteiger partial charge in [-0.05, 0) is 34.7 Å². The lowest BCUT2D eigenvalue weighted by molar-refractivity contribution is 0.539. The molecule has 0 radical (unpaired) electrons. The van der Waals surface area contributed by atoms with Gasteiger partial charge in [0.15, 0.2) is 0 Å². The molecule has 0 spiro atoms. The van der Waals surface area contributed by atoms with Crippen LogP contribution in [0.15, 0.2) is 78.9 Å². The molecule has 112 valence electrons. The molecule has 23 heavy (non-hydrogen) atoms. The molecule has 0 saturated heterocycles. The highest BCUT2D eigenvalue weighted by Crippen LogP contribution is 2.51. The van der Waals surface area contributed by atoms with Crippen LogP contribution in [0.1, 0.15) is 40.6 Å². The van der Waals surface area contributed by atoms with Gasteiger partial charge in [-0.25, -0.2) is 0 Å². The van der Waals surface area contributed by atoms with E-state index in [1.165, 1.54) is 27.9 Å². The van der Waals surface area contributed by atoms with Crippen molar-refractivity contribution in [2.24, 2.45) is 0 Å². The third-order valence-corrected chi connectivity index (χ3v) is 5.41. The van der Waals surface area contributed by atoms with Crippen molar-refractivity contribution >= 4 is 5.69 Å². The minimum atomic E-state index is 0.486. The second-order valence-electron chi connectivity index (χ2n) is 6.60. The Kier molecular flexibility index (Phi) is 2.81. The first-order valence-corrected chi connectivity index (χ1v) is 8.40.